The molecular formula is C16H21Cl2N3OS. The summed E-state index contributed by atoms with van der Waals surface area (Å²) in [5.74, 6) is 0.220. The van der Waals surface area contributed by atoms with Crippen molar-refractivity contribution in [3.05, 3.63) is 28.2 Å². The van der Waals surface area contributed by atoms with Gasteiger partial charge in [-0.25, -0.2) is 4.98 Å². The molecule has 0 bridgehead atoms. The van der Waals surface area contributed by atoms with Gasteiger partial charge >= 0.3 is 0 Å². The monoisotopic (exact) mass is 373 g/mol. The number of amides is 1. The molecule has 0 spiro atoms. The van der Waals surface area contributed by atoms with E-state index >= 15 is 0 Å². The van der Waals surface area contributed by atoms with Crippen LogP contribution in [0.1, 0.15) is 30.7 Å². The Morgan fingerprint density at radius 1 is 1.43 bits per heavy atom. The number of fused-ring (bicyclic) bond motifs is 1. The predicted octanol–water partition coefficient (Wildman–Crippen LogP) is 3.55. The van der Waals surface area contributed by atoms with Gasteiger partial charge in [-0.15, -0.1) is 23.7 Å². The number of rotatable bonds is 4. The molecule has 1 aromatic carbocycles. The number of aromatic nitrogens is 1. The van der Waals surface area contributed by atoms with E-state index in [1.54, 1.807) is 11.3 Å². The molecule has 3 N–H and O–H groups in total. The third kappa shape index (κ3) is 4.80. The molecule has 126 valence electrons. The number of nitrogens with two attached hydrogens (primary N) is 1. The van der Waals surface area contributed by atoms with Crippen molar-refractivity contribution >= 4 is 51.5 Å². The molecule has 0 saturated heterocycles. The van der Waals surface area contributed by atoms with Crippen molar-refractivity contribution < 1.29 is 4.79 Å². The van der Waals surface area contributed by atoms with Gasteiger partial charge in [0.2, 0.25) is 5.91 Å². The van der Waals surface area contributed by atoms with E-state index in [2.05, 4.69) is 10.3 Å². The molecule has 2 unspecified atom stereocenters. The zero-order valence-electron chi connectivity index (χ0n) is 12.8. The molecule has 4 nitrogen and oxygen atoms in total. The topological polar surface area (TPSA) is 68.0 Å². The lowest BCUT2D eigenvalue weighted by Gasteiger charge is -2.25. The molecule has 2 aromatic rings. The fourth-order valence-electron chi connectivity index (χ4n) is 2.96. The molecule has 23 heavy (non-hydrogen) atoms. The fourth-order valence-corrected chi connectivity index (χ4v) is 4.07. The normalized spacial score (nSPS) is 21.0. The number of halogens is 2. The van der Waals surface area contributed by atoms with Gasteiger partial charge in [0, 0.05) is 29.9 Å². The quantitative estimate of drug-likeness (QED) is 0.860. The molecule has 1 fully saturated rings. The minimum Gasteiger partial charge on any atom is -0.355 e. The minimum absolute atomic E-state index is 0. The first kappa shape index (κ1) is 18.5. The molecule has 0 aliphatic heterocycles. The van der Waals surface area contributed by atoms with E-state index in [-0.39, 0.29) is 30.3 Å². The van der Waals surface area contributed by atoms with Crippen LogP contribution < -0.4 is 11.1 Å². The number of hydrogen-bond donors (Lipinski definition) is 2. The van der Waals surface area contributed by atoms with Crippen molar-refractivity contribution in [1.82, 2.24) is 10.3 Å². The van der Waals surface area contributed by atoms with Gasteiger partial charge in [0.15, 0.2) is 0 Å². The van der Waals surface area contributed by atoms with Crippen molar-refractivity contribution in [3.63, 3.8) is 0 Å². The molecular weight excluding hydrogens is 353 g/mol. The van der Waals surface area contributed by atoms with Crippen LogP contribution in [0.5, 0.6) is 0 Å². The number of carbonyl (C=O) groups is 1. The van der Waals surface area contributed by atoms with Crippen molar-refractivity contribution in [3.8, 4) is 0 Å². The van der Waals surface area contributed by atoms with E-state index in [4.69, 9.17) is 17.3 Å². The molecule has 1 aromatic heterocycles. The zero-order valence-corrected chi connectivity index (χ0v) is 15.1. The Kier molecular flexibility index (Phi) is 6.65. The van der Waals surface area contributed by atoms with Gasteiger partial charge in [-0.3, -0.25) is 4.79 Å². The van der Waals surface area contributed by atoms with E-state index in [1.807, 2.05) is 18.2 Å². The van der Waals surface area contributed by atoms with Gasteiger partial charge in [0.05, 0.1) is 15.2 Å². The van der Waals surface area contributed by atoms with Crippen molar-refractivity contribution in [1.29, 1.82) is 0 Å². The number of nitrogens with zero attached hydrogens (tertiary/aromatic N) is 1. The summed E-state index contributed by atoms with van der Waals surface area (Å²) in [6, 6.07) is 5.91. The standard InChI is InChI=1S/C16H20ClN3OS.ClH/c17-11-4-5-14-13(9-11)20-15(22-14)6-7-19-16(21)10-2-1-3-12(18)8-10;/h4-5,9-10,12H,1-3,6-8,18H2,(H,19,21);1H. The van der Waals surface area contributed by atoms with Crippen LogP contribution in [0.4, 0.5) is 0 Å². The Labute approximate surface area is 151 Å². The van der Waals surface area contributed by atoms with E-state index < -0.39 is 0 Å². The number of thiazole rings is 1. The Hall–Kier alpha value is -0.880. The Balaban J connectivity index is 0.00000192. The summed E-state index contributed by atoms with van der Waals surface area (Å²) in [5.41, 5.74) is 6.87. The van der Waals surface area contributed by atoms with Gasteiger partial charge in [0.1, 0.15) is 0 Å². The van der Waals surface area contributed by atoms with Crippen LogP contribution in [-0.4, -0.2) is 23.5 Å². The molecule has 2 atom stereocenters. The summed E-state index contributed by atoms with van der Waals surface area (Å²) in [7, 11) is 0. The second kappa shape index (κ2) is 8.29. The van der Waals surface area contributed by atoms with E-state index in [9.17, 15) is 4.79 Å². The molecule has 1 amide bonds. The first-order valence-electron chi connectivity index (χ1n) is 7.70. The van der Waals surface area contributed by atoms with Gasteiger partial charge in [-0.1, -0.05) is 18.0 Å². The van der Waals surface area contributed by atoms with Crippen molar-refractivity contribution in [2.75, 3.05) is 6.54 Å². The third-order valence-electron chi connectivity index (χ3n) is 4.12. The predicted molar refractivity (Wildman–Crippen MR) is 98.5 cm³/mol. The maximum Gasteiger partial charge on any atom is 0.223 e. The van der Waals surface area contributed by atoms with Crippen LogP contribution in [0.2, 0.25) is 5.02 Å². The lowest BCUT2D eigenvalue weighted by Crippen LogP contribution is -2.38. The molecule has 0 radical (unpaired) electrons. The maximum atomic E-state index is 12.1. The lowest BCUT2D eigenvalue weighted by molar-refractivity contribution is -0.126. The van der Waals surface area contributed by atoms with Gasteiger partial charge in [-0.05, 0) is 37.5 Å². The summed E-state index contributed by atoms with van der Waals surface area (Å²) in [4.78, 5) is 16.7. The van der Waals surface area contributed by atoms with Crippen molar-refractivity contribution in [2.24, 2.45) is 11.7 Å². The van der Waals surface area contributed by atoms with Gasteiger partial charge in [-0.2, -0.15) is 0 Å². The number of nitrogens with one attached hydrogen (secondary N) is 1. The van der Waals surface area contributed by atoms with Crippen molar-refractivity contribution in [2.45, 2.75) is 38.1 Å². The molecule has 1 heterocycles. The van der Waals surface area contributed by atoms with Crippen LogP contribution in [0.15, 0.2) is 18.2 Å². The number of hydrogen-bond acceptors (Lipinski definition) is 4. The number of carbonyl (C=O) groups excluding carboxylic acids is 1. The summed E-state index contributed by atoms with van der Waals surface area (Å²) in [6.07, 6.45) is 4.61. The van der Waals surface area contributed by atoms with E-state index in [1.165, 1.54) is 0 Å². The molecule has 7 heteroatoms. The SMILES string of the molecule is Cl.NC1CCCC(C(=O)NCCc2nc3cc(Cl)ccc3s2)C1. The van der Waals surface area contributed by atoms with Gasteiger partial charge in [0.25, 0.3) is 0 Å². The van der Waals surface area contributed by atoms with Crippen LogP contribution in [-0.2, 0) is 11.2 Å². The van der Waals surface area contributed by atoms with Crippen LogP contribution in [0.25, 0.3) is 10.2 Å². The first-order chi connectivity index (χ1) is 10.6. The first-order valence-corrected chi connectivity index (χ1v) is 8.89. The lowest BCUT2D eigenvalue weighted by atomic mass is 9.85. The Morgan fingerprint density at radius 2 is 2.26 bits per heavy atom. The van der Waals surface area contributed by atoms with Gasteiger partial charge < -0.3 is 11.1 Å². The highest BCUT2D eigenvalue weighted by molar-refractivity contribution is 7.18. The number of benzene rings is 1. The maximum absolute atomic E-state index is 12.1. The highest BCUT2D eigenvalue weighted by Gasteiger charge is 2.24. The van der Waals surface area contributed by atoms with Crippen LogP contribution in [0.3, 0.4) is 0 Å². The Bertz CT molecular complexity index is 676. The summed E-state index contributed by atoms with van der Waals surface area (Å²) >= 11 is 7.62. The summed E-state index contributed by atoms with van der Waals surface area (Å²) in [6.45, 7) is 0.623. The smallest absolute Gasteiger partial charge is 0.223 e. The summed E-state index contributed by atoms with van der Waals surface area (Å²) in [5, 5.41) is 4.75. The van der Waals surface area contributed by atoms with E-state index in [0.717, 1.165) is 47.3 Å². The van der Waals surface area contributed by atoms with Crippen LogP contribution >= 0.6 is 35.3 Å². The molecule has 1 aliphatic rings. The average Bonchev–Trinajstić information content (AvgIpc) is 2.89. The fraction of sp³-hybridized carbons (Fsp3) is 0.500. The van der Waals surface area contributed by atoms with E-state index in [0.29, 0.717) is 11.6 Å². The summed E-state index contributed by atoms with van der Waals surface area (Å²) < 4.78 is 1.13. The minimum atomic E-state index is 0. The van der Waals surface area contributed by atoms with Crippen LogP contribution in [0, 0.1) is 5.92 Å². The largest absolute Gasteiger partial charge is 0.355 e. The second-order valence-electron chi connectivity index (χ2n) is 5.88. The highest BCUT2D eigenvalue weighted by Crippen LogP contribution is 2.25. The average molecular weight is 374 g/mol. The Morgan fingerprint density at radius 3 is 3.04 bits per heavy atom. The second-order valence-corrected chi connectivity index (χ2v) is 7.44. The molecule has 1 saturated carbocycles. The third-order valence-corrected chi connectivity index (χ3v) is 5.45. The highest BCUT2D eigenvalue weighted by atomic mass is 35.5. The zero-order chi connectivity index (χ0) is 15.5. The molecule has 1 aliphatic carbocycles. The molecule has 3 rings (SSSR count).